The molecule has 3 N–H and O–H groups in total. The second-order valence-corrected chi connectivity index (χ2v) is 11.6. The van der Waals surface area contributed by atoms with Gasteiger partial charge in [0.15, 0.2) is 0 Å². The Morgan fingerprint density at radius 2 is 1.84 bits per heavy atom. The first-order valence-electron chi connectivity index (χ1n) is 16.1. The van der Waals surface area contributed by atoms with E-state index in [0.717, 1.165) is 81.9 Å². The molecule has 1 saturated heterocycles. The number of piperidine rings is 1. The maximum absolute atomic E-state index is 6.59. The standard InChI is InChI=1S/C36H49N3O4/c1-40-35-10-3-2-8-31(35)27-41-22-7-23-42-32-15-13-29(14-16-32)33-17-19-38-25-36(33)43-26-28-11-12-30-9-6-21-39(34(30)24-28)20-5-4-18-37/h2-3,8,10-16,24,33,36,38H,4-7,9,17-23,25-27,37H2,1H3. The molecule has 7 nitrogen and oxygen atoms in total. The number of hydrogen-bond acceptors (Lipinski definition) is 7. The summed E-state index contributed by atoms with van der Waals surface area (Å²) in [6.45, 7) is 7.29. The van der Waals surface area contributed by atoms with Crippen LogP contribution in [0, 0.1) is 0 Å². The van der Waals surface area contributed by atoms with Gasteiger partial charge in [-0.25, -0.2) is 0 Å². The highest BCUT2D eigenvalue weighted by atomic mass is 16.5. The van der Waals surface area contributed by atoms with Gasteiger partial charge in [0.25, 0.3) is 0 Å². The maximum Gasteiger partial charge on any atom is 0.124 e. The molecule has 5 rings (SSSR count). The molecule has 2 aliphatic heterocycles. The summed E-state index contributed by atoms with van der Waals surface area (Å²) in [5.74, 6) is 2.12. The fourth-order valence-corrected chi connectivity index (χ4v) is 6.22. The van der Waals surface area contributed by atoms with Crippen molar-refractivity contribution in [1.82, 2.24) is 5.32 Å². The first-order valence-corrected chi connectivity index (χ1v) is 16.1. The molecule has 0 radical (unpaired) electrons. The van der Waals surface area contributed by atoms with Crippen LogP contribution in [0.2, 0.25) is 0 Å². The van der Waals surface area contributed by atoms with Gasteiger partial charge >= 0.3 is 0 Å². The molecular weight excluding hydrogens is 538 g/mol. The van der Waals surface area contributed by atoms with Crippen LogP contribution in [0.4, 0.5) is 5.69 Å². The van der Waals surface area contributed by atoms with Crippen molar-refractivity contribution in [3.05, 3.63) is 89.0 Å². The Hall–Kier alpha value is -3.10. The van der Waals surface area contributed by atoms with Crippen molar-refractivity contribution in [2.24, 2.45) is 5.73 Å². The third-order valence-corrected chi connectivity index (χ3v) is 8.60. The molecule has 2 aliphatic rings. The Kier molecular flexibility index (Phi) is 12.1. The minimum absolute atomic E-state index is 0.137. The third-order valence-electron chi connectivity index (χ3n) is 8.60. The van der Waals surface area contributed by atoms with Crippen LogP contribution in [0.1, 0.15) is 60.3 Å². The molecule has 7 heteroatoms. The lowest BCUT2D eigenvalue weighted by molar-refractivity contribution is 0.0106. The molecule has 2 unspecified atom stereocenters. The molecule has 0 saturated carbocycles. The fourth-order valence-electron chi connectivity index (χ4n) is 6.22. The van der Waals surface area contributed by atoms with Crippen LogP contribution in [0.15, 0.2) is 66.7 Å². The number of aryl methyl sites for hydroxylation is 1. The van der Waals surface area contributed by atoms with E-state index in [2.05, 4.69) is 52.7 Å². The summed E-state index contributed by atoms with van der Waals surface area (Å²) in [5, 5.41) is 3.54. The van der Waals surface area contributed by atoms with Crippen molar-refractivity contribution < 1.29 is 18.9 Å². The summed E-state index contributed by atoms with van der Waals surface area (Å²) in [7, 11) is 1.69. The number of rotatable bonds is 16. The molecule has 0 aliphatic carbocycles. The number of ether oxygens (including phenoxy) is 4. The molecule has 3 aromatic rings. The molecule has 232 valence electrons. The Morgan fingerprint density at radius 1 is 0.953 bits per heavy atom. The molecule has 2 atom stereocenters. The van der Waals surface area contributed by atoms with E-state index in [1.807, 2.05) is 24.3 Å². The first-order chi connectivity index (χ1) is 21.2. The number of benzene rings is 3. The van der Waals surface area contributed by atoms with Crippen LogP contribution in [-0.2, 0) is 29.1 Å². The highest BCUT2D eigenvalue weighted by molar-refractivity contribution is 5.57. The summed E-state index contributed by atoms with van der Waals surface area (Å²) < 4.78 is 23.8. The van der Waals surface area contributed by atoms with Crippen LogP contribution >= 0.6 is 0 Å². The number of hydrogen-bond donors (Lipinski definition) is 2. The number of nitrogens with one attached hydrogen (secondary N) is 1. The Bertz CT molecular complexity index is 1250. The topological polar surface area (TPSA) is 78.2 Å². The highest BCUT2D eigenvalue weighted by Crippen LogP contribution is 2.32. The van der Waals surface area contributed by atoms with Gasteiger partial charge in [-0.2, -0.15) is 0 Å². The van der Waals surface area contributed by atoms with E-state index in [9.17, 15) is 0 Å². The van der Waals surface area contributed by atoms with E-state index in [4.69, 9.17) is 24.7 Å². The minimum Gasteiger partial charge on any atom is -0.496 e. The third kappa shape index (κ3) is 8.96. The Morgan fingerprint density at radius 3 is 2.70 bits per heavy atom. The lowest BCUT2D eigenvalue weighted by atomic mass is 9.87. The van der Waals surface area contributed by atoms with E-state index in [0.29, 0.717) is 32.3 Å². The normalized spacial score (nSPS) is 18.3. The zero-order valence-electron chi connectivity index (χ0n) is 25.8. The van der Waals surface area contributed by atoms with Gasteiger partial charge in [-0.05, 0) is 86.1 Å². The molecule has 0 amide bonds. The van der Waals surface area contributed by atoms with Crippen LogP contribution in [0.5, 0.6) is 11.5 Å². The summed E-state index contributed by atoms with van der Waals surface area (Å²) in [4.78, 5) is 2.54. The molecule has 43 heavy (non-hydrogen) atoms. The predicted octanol–water partition coefficient (Wildman–Crippen LogP) is 5.83. The number of para-hydroxylation sites is 1. The molecular formula is C36H49N3O4. The number of nitrogens with two attached hydrogens (primary N) is 1. The molecule has 0 spiro atoms. The Balaban J connectivity index is 1.08. The largest absolute Gasteiger partial charge is 0.496 e. The van der Waals surface area contributed by atoms with Gasteiger partial charge in [0.1, 0.15) is 11.5 Å². The monoisotopic (exact) mass is 587 g/mol. The van der Waals surface area contributed by atoms with Gasteiger partial charge in [-0.3, -0.25) is 0 Å². The number of unbranched alkanes of at least 4 members (excludes halogenated alkanes) is 1. The second-order valence-electron chi connectivity index (χ2n) is 11.6. The molecule has 2 heterocycles. The van der Waals surface area contributed by atoms with Gasteiger partial charge in [-0.1, -0.05) is 42.5 Å². The predicted molar refractivity (Wildman–Crippen MR) is 173 cm³/mol. The molecule has 0 bridgehead atoms. The van der Waals surface area contributed by atoms with E-state index in [1.54, 1.807) is 7.11 Å². The minimum atomic E-state index is 0.137. The Labute approximate surface area is 257 Å². The summed E-state index contributed by atoms with van der Waals surface area (Å²) in [5.41, 5.74) is 12.2. The van der Waals surface area contributed by atoms with Crippen molar-refractivity contribution in [1.29, 1.82) is 0 Å². The van der Waals surface area contributed by atoms with Gasteiger partial charge < -0.3 is 34.9 Å². The van der Waals surface area contributed by atoms with E-state index >= 15 is 0 Å². The first kappa shape index (κ1) is 31.3. The zero-order valence-corrected chi connectivity index (χ0v) is 25.8. The van der Waals surface area contributed by atoms with Crippen molar-refractivity contribution >= 4 is 5.69 Å². The maximum atomic E-state index is 6.59. The van der Waals surface area contributed by atoms with Gasteiger partial charge in [0, 0.05) is 43.2 Å². The van der Waals surface area contributed by atoms with E-state index in [-0.39, 0.29) is 6.10 Å². The average molecular weight is 588 g/mol. The SMILES string of the molecule is COc1ccccc1COCCCOc1ccc(C2CCNCC2OCc2ccc3c(c2)N(CCCCN)CCC3)cc1. The van der Waals surface area contributed by atoms with E-state index < -0.39 is 0 Å². The summed E-state index contributed by atoms with van der Waals surface area (Å²) in [6.07, 6.45) is 6.65. The van der Waals surface area contributed by atoms with Crippen molar-refractivity contribution in [3.8, 4) is 11.5 Å². The van der Waals surface area contributed by atoms with Crippen LogP contribution < -0.4 is 25.4 Å². The van der Waals surface area contributed by atoms with Gasteiger partial charge in [0.05, 0.1) is 39.6 Å². The van der Waals surface area contributed by atoms with Crippen molar-refractivity contribution in [3.63, 3.8) is 0 Å². The van der Waals surface area contributed by atoms with Crippen LogP contribution in [-0.4, -0.2) is 59.2 Å². The van der Waals surface area contributed by atoms with Gasteiger partial charge in [0.2, 0.25) is 0 Å². The summed E-state index contributed by atoms with van der Waals surface area (Å²) in [6, 6.07) is 23.5. The fraction of sp³-hybridized carbons (Fsp3) is 0.500. The van der Waals surface area contributed by atoms with Crippen molar-refractivity contribution in [2.75, 3.05) is 57.9 Å². The second kappa shape index (κ2) is 16.7. The number of fused-ring (bicyclic) bond motifs is 1. The molecule has 0 aromatic heterocycles. The lowest BCUT2D eigenvalue weighted by Gasteiger charge is -2.33. The average Bonchev–Trinajstić information content (AvgIpc) is 3.06. The number of nitrogens with zero attached hydrogens (tertiary/aromatic N) is 1. The zero-order chi connectivity index (χ0) is 29.7. The quantitative estimate of drug-likeness (QED) is 0.204. The smallest absolute Gasteiger partial charge is 0.124 e. The van der Waals surface area contributed by atoms with Gasteiger partial charge in [-0.15, -0.1) is 0 Å². The van der Waals surface area contributed by atoms with Crippen LogP contribution in [0.3, 0.4) is 0 Å². The summed E-state index contributed by atoms with van der Waals surface area (Å²) >= 11 is 0. The van der Waals surface area contributed by atoms with Crippen LogP contribution in [0.25, 0.3) is 0 Å². The van der Waals surface area contributed by atoms with Crippen molar-refractivity contribution in [2.45, 2.75) is 63.8 Å². The van der Waals surface area contributed by atoms with E-state index in [1.165, 1.54) is 28.8 Å². The molecule has 3 aromatic carbocycles. The lowest BCUT2D eigenvalue weighted by Crippen LogP contribution is -2.41. The molecule has 1 fully saturated rings. The number of anilines is 1. The number of methoxy groups -OCH3 is 1. The highest BCUT2D eigenvalue weighted by Gasteiger charge is 2.27.